The highest BCUT2D eigenvalue weighted by Crippen LogP contribution is 2.52. The molecule has 2 rings (SSSR count). The van der Waals surface area contributed by atoms with Crippen LogP contribution in [0.5, 0.6) is 0 Å². The summed E-state index contributed by atoms with van der Waals surface area (Å²) in [5.41, 5.74) is 0.496. The molecule has 0 saturated heterocycles. The van der Waals surface area contributed by atoms with Crippen molar-refractivity contribution < 1.29 is 4.79 Å². The van der Waals surface area contributed by atoms with Gasteiger partial charge in [0.1, 0.15) is 0 Å². The summed E-state index contributed by atoms with van der Waals surface area (Å²) in [6.07, 6.45) is 4.65. The van der Waals surface area contributed by atoms with Gasteiger partial charge in [0.15, 0.2) is 0 Å². The SMILES string of the molecule is CCCN(CC1CC1(C)C)C(=O)C1CC1. The Hall–Kier alpha value is -0.530. The van der Waals surface area contributed by atoms with E-state index in [0.29, 0.717) is 17.2 Å². The molecule has 2 aliphatic rings. The predicted molar refractivity (Wildman–Crippen MR) is 61.5 cm³/mol. The highest BCUT2D eigenvalue weighted by molar-refractivity contribution is 5.81. The number of rotatable bonds is 5. The van der Waals surface area contributed by atoms with Gasteiger partial charge in [-0.2, -0.15) is 0 Å². The molecule has 0 aliphatic heterocycles. The third-order valence-corrected chi connectivity index (χ3v) is 3.89. The van der Waals surface area contributed by atoms with E-state index >= 15 is 0 Å². The fourth-order valence-electron chi connectivity index (χ4n) is 2.30. The van der Waals surface area contributed by atoms with E-state index in [1.807, 2.05) is 0 Å². The molecule has 2 fully saturated rings. The average molecular weight is 209 g/mol. The summed E-state index contributed by atoms with van der Waals surface area (Å²) in [6, 6.07) is 0. The topological polar surface area (TPSA) is 20.3 Å². The van der Waals surface area contributed by atoms with Crippen molar-refractivity contribution in [2.24, 2.45) is 17.3 Å². The minimum absolute atomic E-state index is 0.387. The quantitative estimate of drug-likeness (QED) is 0.681. The van der Waals surface area contributed by atoms with Crippen LogP contribution in [-0.2, 0) is 4.79 Å². The number of carbonyl (C=O) groups is 1. The molecule has 1 unspecified atom stereocenters. The zero-order chi connectivity index (χ0) is 11.1. The third-order valence-electron chi connectivity index (χ3n) is 3.89. The molecule has 0 aromatic carbocycles. The zero-order valence-electron chi connectivity index (χ0n) is 10.3. The molecule has 0 heterocycles. The summed E-state index contributed by atoms with van der Waals surface area (Å²) in [6.45, 7) is 8.75. The van der Waals surface area contributed by atoms with E-state index in [-0.39, 0.29) is 0 Å². The second-order valence-electron chi connectivity index (χ2n) is 5.95. The summed E-state index contributed by atoms with van der Waals surface area (Å²) >= 11 is 0. The minimum atomic E-state index is 0.387. The summed E-state index contributed by atoms with van der Waals surface area (Å²) < 4.78 is 0. The number of carbonyl (C=O) groups excluding carboxylic acids is 1. The summed E-state index contributed by atoms with van der Waals surface area (Å²) in [5.74, 6) is 1.57. The van der Waals surface area contributed by atoms with Crippen LogP contribution in [0.1, 0.15) is 46.5 Å². The molecule has 2 saturated carbocycles. The fraction of sp³-hybridized carbons (Fsp3) is 0.923. The Kier molecular flexibility index (Phi) is 2.78. The van der Waals surface area contributed by atoms with E-state index in [9.17, 15) is 4.79 Å². The van der Waals surface area contributed by atoms with Gasteiger partial charge in [-0.25, -0.2) is 0 Å². The van der Waals surface area contributed by atoms with Gasteiger partial charge in [0.05, 0.1) is 0 Å². The van der Waals surface area contributed by atoms with Gasteiger partial charge >= 0.3 is 0 Å². The second-order valence-corrected chi connectivity index (χ2v) is 5.95. The van der Waals surface area contributed by atoms with Crippen LogP contribution in [0.15, 0.2) is 0 Å². The van der Waals surface area contributed by atoms with Crippen molar-refractivity contribution in [1.29, 1.82) is 0 Å². The van der Waals surface area contributed by atoms with Gasteiger partial charge in [-0.1, -0.05) is 20.8 Å². The van der Waals surface area contributed by atoms with Crippen LogP contribution in [0.3, 0.4) is 0 Å². The molecule has 2 aliphatic carbocycles. The van der Waals surface area contributed by atoms with E-state index in [1.165, 1.54) is 6.42 Å². The van der Waals surface area contributed by atoms with Crippen molar-refractivity contribution in [2.45, 2.75) is 46.5 Å². The van der Waals surface area contributed by atoms with Crippen molar-refractivity contribution in [2.75, 3.05) is 13.1 Å². The first kappa shape index (κ1) is 11.0. The molecule has 15 heavy (non-hydrogen) atoms. The largest absolute Gasteiger partial charge is 0.342 e. The number of nitrogens with zero attached hydrogens (tertiary/aromatic N) is 1. The van der Waals surface area contributed by atoms with Crippen molar-refractivity contribution >= 4 is 5.91 Å². The van der Waals surface area contributed by atoms with Crippen molar-refractivity contribution in [3.8, 4) is 0 Å². The van der Waals surface area contributed by atoms with Crippen LogP contribution in [0.4, 0.5) is 0 Å². The van der Waals surface area contributed by atoms with Crippen molar-refractivity contribution in [3.63, 3.8) is 0 Å². The first-order chi connectivity index (χ1) is 7.04. The smallest absolute Gasteiger partial charge is 0.225 e. The first-order valence-corrected chi connectivity index (χ1v) is 6.33. The van der Waals surface area contributed by atoms with Gasteiger partial charge in [-0.05, 0) is 37.0 Å². The molecule has 0 bridgehead atoms. The van der Waals surface area contributed by atoms with Crippen molar-refractivity contribution in [1.82, 2.24) is 4.90 Å². The zero-order valence-corrected chi connectivity index (χ0v) is 10.3. The van der Waals surface area contributed by atoms with E-state index in [1.54, 1.807) is 0 Å². The molecule has 0 N–H and O–H groups in total. The Labute approximate surface area is 93.0 Å². The maximum absolute atomic E-state index is 12.0. The van der Waals surface area contributed by atoms with Gasteiger partial charge in [0, 0.05) is 19.0 Å². The van der Waals surface area contributed by atoms with E-state index < -0.39 is 0 Å². The van der Waals surface area contributed by atoms with Crippen LogP contribution in [-0.4, -0.2) is 23.9 Å². The lowest BCUT2D eigenvalue weighted by atomic mass is 10.1. The summed E-state index contributed by atoms with van der Waals surface area (Å²) in [7, 11) is 0. The highest BCUT2D eigenvalue weighted by Gasteiger charge is 2.47. The Bertz CT molecular complexity index is 255. The Morgan fingerprint density at radius 2 is 2.00 bits per heavy atom. The Morgan fingerprint density at radius 1 is 1.40 bits per heavy atom. The molecule has 2 heteroatoms. The normalized spacial score (nSPS) is 27.5. The highest BCUT2D eigenvalue weighted by atomic mass is 16.2. The maximum atomic E-state index is 12.0. The van der Waals surface area contributed by atoms with Crippen LogP contribution < -0.4 is 0 Å². The summed E-state index contributed by atoms with van der Waals surface area (Å²) in [5, 5.41) is 0. The van der Waals surface area contributed by atoms with Gasteiger partial charge in [-0.15, -0.1) is 0 Å². The first-order valence-electron chi connectivity index (χ1n) is 6.33. The lowest BCUT2D eigenvalue weighted by Gasteiger charge is -2.23. The predicted octanol–water partition coefficient (Wildman–Crippen LogP) is 2.68. The monoisotopic (exact) mass is 209 g/mol. The van der Waals surface area contributed by atoms with Gasteiger partial charge in [0.2, 0.25) is 5.91 Å². The molecular formula is C13H23NO. The van der Waals surface area contributed by atoms with Gasteiger partial charge in [0.25, 0.3) is 0 Å². The standard InChI is InChI=1S/C13H23NO/c1-4-7-14(12(15)10-5-6-10)9-11-8-13(11,2)3/h10-11H,4-9H2,1-3H3. The lowest BCUT2D eigenvalue weighted by Crippen LogP contribution is -2.35. The number of amides is 1. The molecule has 0 aromatic rings. The molecular weight excluding hydrogens is 186 g/mol. The van der Waals surface area contributed by atoms with E-state index in [0.717, 1.165) is 38.3 Å². The second kappa shape index (κ2) is 3.80. The van der Waals surface area contributed by atoms with E-state index in [4.69, 9.17) is 0 Å². The molecule has 0 aromatic heterocycles. The van der Waals surface area contributed by atoms with Crippen LogP contribution in [0.2, 0.25) is 0 Å². The lowest BCUT2D eigenvalue weighted by molar-refractivity contribution is -0.132. The fourth-order valence-corrected chi connectivity index (χ4v) is 2.30. The molecule has 0 spiro atoms. The third kappa shape index (κ3) is 2.53. The molecule has 1 amide bonds. The maximum Gasteiger partial charge on any atom is 0.225 e. The molecule has 86 valence electrons. The average Bonchev–Trinajstić information content (AvgIpc) is 3.03. The Morgan fingerprint density at radius 3 is 2.40 bits per heavy atom. The van der Waals surface area contributed by atoms with E-state index in [2.05, 4.69) is 25.7 Å². The molecule has 1 atom stereocenters. The van der Waals surface area contributed by atoms with Crippen LogP contribution in [0.25, 0.3) is 0 Å². The number of hydrogen-bond donors (Lipinski definition) is 0. The van der Waals surface area contributed by atoms with Crippen molar-refractivity contribution in [3.05, 3.63) is 0 Å². The minimum Gasteiger partial charge on any atom is -0.342 e. The van der Waals surface area contributed by atoms with Gasteiger partial charge in [-0.3, -0.25) is 4.79 Å². The van der Waals surface area contributed by atoms with Gasteiger partial charge < -0.3 is 4.90 Å². The van der Waals surface area contributed by atoms with Crippen LogP contribution >= 0.6 is 0 Å². The van der Waals surface area contributed by atoms with Crippen LogP contribution in [0, 0.1) is 17.3 Å². The Balaban J connectivity index is 1.85. The molecule has 2 nitrogen and oxygen atoms in total. The molecule has 0 radical (unpaired) electrons. The number of hydrogen-bond acceptors (Lipinski definition) is 1. The summed E-state index contributed by atoms with van der Waals surface area (Å²) in [4.78, 5) is 14.1.